The monoisotopic (exact) mass is 249 g/mol. The van der Waals surface area contributed by atoms with E-state index in [9.17, 15) is 9.59 Å². The van der Waals surface area contributed by atoms with E-state index in [2.05, 4.69) is 0 Å². The summed E-state index contributed by atoms with van der Waals surface area (Å²) in [6.45, 7) is 1.88. The fraction of sp³-hybridized carbons (Fsp3) is 0.385. The van der Waals surface area contributed by atoms with Crippen LogP contribution in [0.4, 0.5) is 4.79 Å². The first-order valence-electron chi connectivity index (χ1n) is 5.73. The van der Waals surface area contributed by atoms with Crippen LogP contribution in [0, 0.1) is 0 Å². The molecule has 5 nitrogen and oxygen atoms in total. The lowest BCUT2D eigenvalue weighted by Crippen LogP contribution is -2.40. The highest BCUT2D eigenvalue weighted by Crippen LogP contribution is 2.18. The first kappa shape index (κ1) is 12.4. The quantitative estimate of drug-likeness (QED) is 0.763. The zero-order chi connectivity index (χ0) is 13.1. The summed E-state index contributed by atoms with van der Waals surface area (Å²) in [5, 5.41) is 0. The van der Waals surface area contributed by atoms with Gasteiger partial charge < -0.3 is 9.47 Å². The Morgan fingerprint density at radius 2 is 2.06 bits per heavy atom. The van der Waals surface area contributed by atoms with Gasteiger partial charge in [0, 0.05) is 7.05 Å². The van der Waals surface area contributed by atoms with Crippen molar-refractivity contribution in [3.8, 4) is 0 Å². The van der Waals surface area contributed by atoms with E-state index in [1.807, 2.05) is 30.3 Å². The van der Waals surface area contributed by atoms with Gasteiger partial charge in [-0.15, -0.1) is 0 Å². The van der Waals surface area contributed by atoms with Gasteiger partial charge in [0.15, 0.2) is 6.04 Å². The molecular weight excluding hydrogens is 234 g/mol. The highest BCUT2D eigenvalue weighted by molar-refractivity contribution is 5.84. The standard InChI is InChI=1S/C13H15NO4/c1-9-11(14(2)13(16)18-9)12(15)17-8-10-6-4-3-5-7-10/h3-7,9,11H,8H2,1-2H3/t9-,11+/m1/s1. The van der Waals surface area contributed by atoms with E-state index < -0.39 is 24.2 Å². The van der Waals surface area contributed by atoms with Gasteiger partial charge in [-0.25, -0.2) is 9.59 Å². The summed E-state index contributed by atoms with van der Waals surface area (Å²) in [5.41, 5.74) is 0.909. The van der Waals surface area contributed by atoms with Crippen molar-refractivity contribution in [1.82, 2.24) is 4.90 Å². The molecule has 2 rings (SSSR count). The number of amides is 1. The van der Waals surface area contributed by atoms with Crippen LogP contribution in [0.2, 0.25) is 0 Å². The average molecular weight is 249 g/mol. The molecule has 0 bridgehead atoms. The van der Waals surface area contributed by atoms with Gasteiger partial charge in [0.25, 0.3) is 0 Å². The molecule has 0 unspecified atom stereocenters. The third kappa shape index (κ3) is 2.45. The minimum absolute atomic E-state index is 0.199. The van der Waals surface area contributed by atoms with E-state index in [1.54, 1.807) is 6.92 Å². The van der Waals surface area contributed by atoms with Gasteiger partial charge in [-0.3, -0.25) is 4.90 Å². The van der Waals surface area contributed by atoms with Crippen LogP contribution in [0.5, 0.6) is 0 Å². The van der Waals surface area contributed by atoms with E-state index >= 15 is 0 Å². The zero-order valence-corrected chi connectivity index (χ0v) is 10.3. The van der Waals surface area contributed by atoms with Gasteiger partial charge in [0.1, 0.15) is 12.7 Å². The van der Waals surface area contributed by atoms with Crippen molar-refractivity contribution in [2.45, 2.75) is 25.7 Å². The SMILES string of the molecule is C[C@H]1OC(=O)N(C)[C@@H]1C(=O)OCc1ccccc1. The molecule has 0 N–H and O–H groups in total. The Balaban J connectivity index is 1.94. The summed E-state index contributed by atoms with van der Waals surface area (Å²) >= 11 is 0. The van der Waals surface area contributed by atoms with Crippen LogP contribution in [0.15, 0.2) is 30.3 Å². The smallest absolute Gasteiger partial charge is 0.410 e. The molecule has 1 saturated heterocycles. The van der Waals surface area contributed by atoms with Crippen LogP contribution in [0.3, 0.4) is 0 Å². The van der Waals surface area contributed by atoms with Crippen LogP contribution in [-0.4, -0.2) is 36.2 Å². The van der Waals surface area contributed by atoms with Crippen molar-refractivity contribution in [2.75, 3.05) is 7.05 Å². The number of carbonyl (C=O) groups excluding carboxylic acids is 2. The summed E-state index contributed by atoms with van der Waals surface area (Å²) in [6.07, 6.45) is -0.977. The molecule has 1 fully saturated rings. The third-order valence-electron chi connectivity index (χ3n) is 2.90. The molecule has 0 spiro atoms. The predicted molar refractivity (Wildman–Crippen MR) is 63.7 cm³/mol. The van der Waals surface area contributed by atoms with E-state index in [-0.39, 0.29) is 6.61 Å². The molecule has 0 aliphatic carbocycles. The molecule has 96 valence electrons. The number of benzene rings is 1. The molecule has 5 heteroatoms. The first-order valence-corrected chi connectivity index (χ1v) is 5.73. The van der Waals surface area contributed by atoms with Crippen LogP contribution >= 0.6 is 0 Å². The highest BCUT2D eigenvalue weighted by Gasteiger charge is 2.42. The Labute approximate surface area is 105 Å². The average Bonchev–Trinajstić information content (AvgIpc) is 2.62. The second-order valence-corrected chi connectivity index (χ2v) is 4.24. The minimum atomic E-state index is -0.666. The maximum absolute atomic E-state index is 11.9. The number of esters is 1. The number of hydrogen-bond donors (Lipinski definition) is 0. The fourth-order valence-electron chi connectivity index (χ4n) is 1.90. The van der Waals surface area contributed by atoms with Crippen LogP contribution in [0.1, 0.15) is 12.5 Å². The summed E-state index contributed by atoms with van der Waals surface area (Å²) in [5.74, 6) is -0.445. The van der Waals surface area contributed by atoms with E-state index in [0.29, 0.717) is 0 Å². The normalized spacial score (nSPS) is 22.8. The van der Waals surface area contributed by atoms with Gasteiger partial charge in [-0.2, -0.15) is 0 Å². The largest absolute Gasteiger partial charge is 0.459 e. The number of nitrogens with zero attached hydrogens (tertiary/aromatic N) is 1. The lowest BCUT2D eigenvalue weighted by molar-refractivity contribution is -0.150. The molecular formula is C13H15NO4. The molecule has 0 aromatic heterocycles. The molecule has 0 radical (unpaired) electrons. The number of hydrogen-bond acceptors (Lipinski definition) is 4. The Bertz CT molecular complexity index is 446. The Hall–Kier alpha value is -2.04. The Kier molecular flexibility index (Phi) is 3.50. The number of ether oxygens (including phenoxy) is 2. The minimum Gasteiger partial charge on any atom is -0.459 e. The van der Waals surface area contributed by atoms with Gasteiger partial charge in [0.05, 0.1) is 0 Å². The molecule has 2 atom stereocenters. The lowest BCUT2D eigenvalue weighted by Gasteiger charge is -2.17. The number of likely N-dealkylation sites (N-methyl/N-ethyl adjacent to an activating group) is 1. The van der Waals surface area contributed by atoms with Gasteiger partial charge >= 0.3 is 12.1 Å². The van der Waals surface area contributed by atoms with E-state index in [1.165, 1.54) is 11.9 Å². The molecule has 1 aliphatic heterocycles. The highest BCUT2D eigenvalue weighted by atomic mass is 16.6. The van der Waals surface area contributed by atoms with E-state index in [4.69, 9.17) is 9.47 Å². The predicted octanol–water partition coefficient (Wildman–Crippen LogP) is 1.57. The van der Waals surface area contributed by atoms with E-state index in [0.717, 1.165) is 5.56 Å². The Morgan fingerprint density at radius 3 is 2.61 bits per heavy atom. The topological polar surface area (TPSA) is 55.8 Å². The Morgan fingerprint density at radius 1 is 1.39 bits per heavy atom. The molecule has 1 aromatic carbocycles. The maximum atomic E-state index is 11.9. The van der Waals surface area contributed by atoms with Gasteiger partial charge in [0.2, 0.25) is 0 Å². The van der Waals surface area contributed by atoms with Crippen molar-refractivity contribution in [1.29, 1.82) is 0 Å². The second-order valence-electron chi connectivity index (χ2n) is 4.24. The molecule has 1 aromatic rings. The molecule has 0 saturated carbocycles. The van der Waals surface area contributed by atoms with Crippen molar-refractivity contribution < 1.29 is 19.1 Å². The summed E-state index contributed by atoms with van der Waals surface area (Å²) < 4.78 is 10.1. The lowest BCUT2D eigenvalue weighted by atomic mass is 10.2. The first-order chi connectivity index (χ1) is 8.59. The van der Waals surface area contributed by atoms with Gasteiger partial charge in [-0.05, 0) is 12.5 Å². The second kappa shape index (κ2) is 5.08. The molecule has 1 aliphatic rings. The summed E-state index contributed by atoms with van der Waals surface area (Å²) in [6, 6.07) is 8.72. The third-order valence-corrected chi connectivity index (χ3v) is 2.90. The van der Waals surface area contributed by atoms with Crippen molar-refractivity contribution in [3.63, 3.8) is 0 Å². The number of rotatable bonds is 3. The van der Waals surface area contributed by atoms with Crippen molar-refractivity contribution >= 4 is 12.1 Å². The number of cyclic esters (lactones) is 1. The molecule has 1 amide bonds. The van der Waals surface area contributed by atoms with Crippen LogP contribution < -0.4 is 0 Å². The van der Waals surface area contributed by atoms with Crippen molar-refractivity contribution in [3.05, 3.63) is 35.9 Å². The summed E-state index contributed by atoms with van der Waals surface area (Å²) in [4.78, 5) is 24.4. The maximum Gasteiger partial charge on any atom is 0.410 e. The van der Waals surface area contributed by atoms with Crippen molar-refractivity contribution in [2.24, 2.45) is 0 Å². The zero-order valence-electron chi connectivity index (χ0n) is 10.3. The van der Waals surface area contributed by atoms with Crippen LogP contribution in [-0.2, 0) is 20.9 Å². The molecule has 18 heavy (non-hydrogen) atoms. The fourth-order valence-corrected chi connectivity index (χ4v) is 1.90. The van der Waals surface area contributed by atoms with Gasteiger partial charge in [-0.1, -0.05) is 30.3 Å². The van der Waals surface area contributed by atoms with Crippen LogP contribution in [0.25, 0.3) is 0 Å². The number of carbonyl (C=O) groups is 2. The molecule has 1 heterocycles. The summed E-state index contributed by atoms with van der Waals surface area (Å²) in [7, 11) is 1.53.